The van der Waals surface area contributed by atoms with E-state index in [2.05, 4.69) is 10.3 Å². The molecule has 0 aromatic carbocycles. The molecular weight excluding hydrogens is 164 g/mol. The van der Waals surface area contributed by atoms with Crippen LogP contribution >= 0.6 is 0 Å². The van der Waals surface area contributed by atoms with Crippen molar-refractivity contribution in [2.24, 2.45) is 0 Å². The minimum Gasteiger partial charge on any atom is -0.326 e. The third-order valence-electron chi connectivity index (χ3n) is 1.77. The summed E-state index contributed by atoms with van der Waals surface area (Å²) in [7, 11) is 0. The second-order valence-corrected chi connectivity index (χ2v) is 2.99. The molecule has 1 aromatic rings. The number of aryl methyl sites for hydroxylation is 1. The standard InChI is InChI=1S/C10H14N2O/c1-3-4-10(13)12-9-5-6-11-7-8(9)2/h5-7H,3-4H2,1-2H3,(H,11,12,13). The lowest BCUT2D eigenvalue weighted by atomic mass is 10.2. The Balaban J connectivity index is 2.63. The van der Waals surface area contributed by atoms with Gasteiger partial charge in [0, 0.05) is 24.5 Å². The Hall–Kier alpha value is -1.38. The number of hydrogen-bond donors (Lipinski definition) is 1. The van der Waals surface area contributed by atoms with Crippen molar-refractivity contribution in [2.45, 2.75) is 26.7 Å². The highest BCUT2D eigenvalue weighted by atomic mass is 16.1. The predicted molar refractivity (Wildman–Crippen MR) is 52.5 cm³/mol. The highest BCUT2D eigenvalue weighted by Gasteiger charge is 2.01. The first-order valence-electron chi connectivity index (χ1n) is 4.44. The largest absolute Gasteiger partial charge is 0.326 e. The smallest absolute Gasteiger partial charge is 0.224 e. The SMILES string of the molecule is CCCC(=O)Nc1ccncc1C. The number of hydrogen-bond acceptors (Lipinski definition) is 2. The number of nitrogens with one attached hydrogen (secondary N) is 1. The molecule has 0 saturated heterocycles. The van der Waals surface area contributed by atoms with Gasteiger partial charge in [-0.25, -0.2) is 0 Å². The molecule has 3 nitrogen and oxygen atoms in total. The van der Waals surface area contributed by atoms with Crippen LogP contribution in [0.2, 0.25) is 0 Å². The molecule has 1 N–H and O–H groups in total. The van der Waals surface area contributed by atoms with Crippen LogP contribution in [-0.2, 0) is 4.79 Å². The maximum absolute atomic E-state index is 11.2. The zero-order chi connectivity index (χ0) is 9.68. The van der Waals surface area contributed by atoms with E-state index in [0.717, 1.165) is 17.7 Å². The minimum absolute atomic E-state index is 0.0665. The number of anilines is 1. The van der Waals surface area contributed by atoms with E-state index in [1.165, 1.54) is 0 Å². The summed E-state index contributed by atoms with van der Waals surface area (Å²) >= 11 is 0. The van der Waals surface area contributed by atoms with Crippen molar-refractivity contribution in [1.29, 1.82) is 0 Å². The monoisotopic (exact) mass is 178 g/mol. The van der Waals surface area contributed by atoms with Crippen molar-refractivity contribution >= 4 is 11.6 Å². The zero-order valence-corrected chi connectivity index (χ0v) is 8.00. The van der Waals surface area contributed by atoms with E-state index in [4.69, 9.17) is 0 Å². The van der Waals surface area contributed by atoms with Gasteiger partial charge in [-0.15, -0.1) is 0 Å². The van der Waals surface area contributed by atoms with Gasteiger partial charge in [0.25, 0.3) is 0 Å². The molecule has 1 rings (SSSR count). The summed E-state index contributed by atoms with van der Waals surface area (Å²) in [6.45, 7) is 3.91. The van der Waals surface area contributed by atoms with E-state index >= 15 is 0 Å². The number of rotatable bonds is 3. The molecule has 0 radical (unpaired) electrons. The minimum atomic E-state index is 0.0665. The molecule has 0 aliphatic heterocycles. The quantitative estimate of drug-likeness (QED) is 0.770. The van der Waals surface area contributed by atoms with Crippen LogP contribution < -0.4 is 5.32 Å². The summed E-state index contributed by atoms with van der Waals surface area (Å²) in [4.78, 5) is 15.2. The molecule has 1 amide bonds. The van der Waals surface area contributed by atoms with Crippen molar-refractivity contribution in [3.05, 3.63) is 24.0 Å². The van der Waals surface area contributed by atoms with E-state index in [1.54, 1.807) is 12.4 Å². The Morgan fingerprint density at radius 1 is 1.62 bits per heavy atom. The van der Waals surface area contributed by atoms with Gasteiger partial charge in [0.05, 0.1) is 0 Å². The number of amides is 1. The van der Waals surface area contributed by atoms with Crippen LogP contribution in [0.25, 0.3) is 0 Å². The average Bonchev–Trinajstić information content (AvgIpc) is 2.09. The number of pyridine rings is 1. The summed E-state index contributed by atoms with van der Waals surface area (Å²) in [5.74, 6) is 0.0665. The average molecular weight is 178 g/mol. The number of carbonyl (C=O) groups excluding carboxylic acids is 1. The fourth-order valence-electron chi connectivity index (χ4n) is 1.05. The molecular formula is C10H14N2O. The first-order chi connectivity index (χ1) is 6.24. The normalized spacial score (nSPS) is 9.69. The van der Waals surface area contributed by atoms with Gasteiger partial charge in [-0.3, -0.25) is 9.78 Å². The van der Waals surface area contributed by atoms with E-state index in [-0.39, 0.29) is 5.91 Å². The lowest BCUT2D eigenvalue weighted by molar-refractivity contribution is -0.116. The van der Waals surface area contributed by atoms with E-state index in [1.807, 2.05) is 19.9 Å². The molecule has 0 spiro atoms. The van der Waals surface area contributed by atoms with Gasteiger partial charge in [-0.1, -0.05) is 6.92 Å². The van der Waals surface area contributed by atoms with Crippen LogP contribution in [0.5, 0.6) is 0 Å². The maximum Gasteiger partial charge on any atom is 0.224 e. The number of carbonyl (C=O) groups is 1. The summed E-state index contributed by atoms with van der Waals surface area (Å²) in [5.41, 5.74) is 1.85. The van der Waals surface area contributed by atoms with Crippen LogP contribution in [0.3, 0.4) is 0 Å². The molecule has 3 heteroatoms. The zero-order valence-electron chi connectivity index (χ0n) is 8.00. The Bertz CT molecular complexity index is 297. The first-order valence-corrected chi connectivity index (χ1v) is 4.44. The fourth-order valence-corrected chi connectivity index (χ4v) is 1.05. The van der Waals surface area contributed by atoms with Gasteiger partial charge < -0.3 is 5.32 Å². The Morgan fingerprint density at radius 2 is 2.38 bits per heavy atom. The number of aromatic nitrogens is 1. The summed E-state index contributed by atoms with van der Waals surface area (Å²) in [6, 6.07) is 1.81. The second kappa shape index (κ2) is 4.60. The van der Waals surface area contributed by atoms with Crippen molar-refractivity contribution in [3.8, 4) is 0 Å². The van der Waals surface area contributed by atoms with Crippen LogP contribution in [0.1, 0.15) is 25.3 Å². The van der Waals surface area contributed by atoms with Gasteiger partial charge in [0.15, 0.2) is 0 Å². The molecule has 0 unspecified atom stereocenters. The molecule has 1 heterocycles. The predicted octanol–water partition coefficient (Wildman–Crippen LogP) is 2.13. The summed E-state index contributed by atoms with van der Waals surface area (Å²) < 4.78 is 0. The Labute approximate surface area is 78.2 Å². The molecule has 13 heavy (non-hydrogen) atoms. The fraction of sp³-hybridized carbons (Fsp3) is 0.400. The highest BCUT2D eigenvalue weighted by Crippen LogP contribution is 2.11. The Kier molecular flexibility index (Phi) is 3.43. The maximum atomic E-state index is 11.2. The van der Waals surface area contributed by atoms with Crippen LogP contribution in [0.4, 0.5) is 5.69 Å². The third kappa shape index (κ3) is 2.86. The lowest BCUT2D eigenvalue weighted by Gasteiger charge is -2.06. The lowest BCUT2D eigenvalue weighted by Crippen LogP contribution is -2.11. The van der Waals surface area contributed by atoms with Gasteiger partial charge in [0.2, 0.25) is 5.91 Å². The van der Waals surface area contributed by atoms with Crippen molar-refractivity contribution in [1.82, 2.24) is 4.98 Å². The molecule has 70 valence electrons. The van der Waals surface area contributed by atoms with Gasteiger partial charge in [-0.2, -0.15) is 0 Å². The van der Waals surface area contributed by atoms with Crippen LogP contribution in [0.15, 0.2) is 18.5 Å². The Morgan fingerprint density at radius 3 is 3.00 bits per heavy atom. The third-order valence-corrected chi connectivity index (χ3v) is 1.77. The van der Waals surface area contributed by atoms with Gasteiger partial charge >= 0.3 is 0 Å². The van der Waals surface area contributed by atoms with Crippen molar-refractivity contribution in [2.75, 3.05) is 5.32 Å². The van der Waals surface area contributed by atoms with Crippen LogP contribution in [-0.4, -0.2) is 10.9 Å². The topological polar surface area (TPSA) is 42.0 Å². The molecule has 0 atom stereocenters. The summed E-state index contributed by atoms with van der Waals surface area (Å²) in [5, 5.41) is 2.83. The summed E-state index contributed by atoms with van der Waals surface area (Å²) in [6.07, 6.45) is 4.86. The first kappa shape index (κ1) is 9.71. The molecule has 0 aliphatic rings. The van der Waals surface area contributed by atoms with Crippen molar-refractivity contribution < 1.29 is 4.79 Å². The van der Waals surface area contributed by atoms with E-state index < -0.39 is 0 Å². The molecule has 0 saturated carbocycles. The van der Waals surface area contributed by atoms with E-state index in [0.29, 0.717) is 6.42 Å². The highest BCUT2D eigenvalue weighted by molar-refractivity contribution is 5.91. The molecule has 1 aromatic heterocycles. The van der Waals surface area contributed by atoms with E-state index in [9.17, 15) is 4.79 Å². The molecule has 0 bridgehead atoms. The van der Waals surface area contributed by atoms with Gasteiger partial charge in [0.1, 0.15) is 0 Å². The van der Waals surface area contributed by atoms with Crippen LogP contribution in [0, 0.1) is 6.92 Å². The number of nitrogens with zero attached hydrogens (tertiary/aromatic N) is 1. The molecule has 0 aliphatic carbocycles. The molecule has 0 fully saturated rings. The van der Waals surface area contributed by atoms with Gasteiger partial charge in [-0.05, 0) is 25.0 Å². The van der Waals surface area contributed by atoms with Crippen molar-refractivity contribution in [3.63, 3.8) is 0 Å². The second-order valence-electron chi connectivity index (χ2n) is 2.99.